The van der Waals surface area contributed by atoms with Crippen molar-refractivity contribution in [1.82, 2.24) is 0 Å². The summed E-state index contributed by atoms with van der Waals surface area (Å²) in [5.74, 6) is 1.67. The third kappa shape index (κ3) is 5.01. The molecule has 0 radical (unpaired) electrons. The minimum Gasteiger partial charge on any atom is -0.0999 e. The summed E-state index contributed by atoms with van der Waals surface area (Å²) >= 11 is 0. The molecule has 0 aromatic heterocycles. The Hall–Kier alpha value is -0.520. The van der Waals surface area contributed by atoms with Crippen molar-refractivity contribution >= 4 is 0 Å². The van der Waals surface area contributed by atoms with Crippen LogP contribution in [0.25, 0.3) is 0 Å². The second-order valence-electron chi connectivity index (χ2n) is 5.72. The van der Waals surface area contributed by atoms with Crippen molar-refractivity contribution in [3.05, 3.63) is 23.8 Å². The van der Waals surface area contributed by atoms with Crippen molar-refractivity contribution in [2.24, 2.45) is 11.8 Å². The van der Waals surface area contributed by atoms with Gasteiger partial charge in [0.05, 0.1) is 0 Å². The van der Waals surface area contributed by atoms with Crippen LogP contribution in [0.1, 0.15) is 65.7 Å². The SMILES string of the molecule is C=C(C)C(C)C/C=C(\C)CCC1CCCC1. The number of hydrogen-bond acceptors (Lipinski definition) is 0. The summed E-state index contributed by atoms with van der Waals surface area (Å²) in [6.45, 7) is 10.7. The molecule has 1 fully saturated rings. The minimum atomic E-state index is 0.640. The first-order valence-electron chi connectivity index (χ1n) is 6.90. The molecule has 1 rings (SSSR count). The van der Waals surface area contributed by atoms with Crippen molar-refractivity contribution in [2.75, 3.05) is 0 Å². The zero-order valence-corrected chi connectivity index (χ0v) is 11.4. The van der Waals surface area contributed by atoms with Crippen LogP contribution in [-0.4, -0.2) is 0 Å². The fourth-order valence-corrected chi connectivity index (χ4v) is 2.41. The number of hydrogen-bond donors (Lipinski definition) is 0. The van der Waals surface area contributed by atoms with Gasteiger partial charge in [-0.25, -0.2) is 0 Å². The maximum atomic E-state index is 4.01. The van der Waals surface area contributed by atoms with Crippen LogP contribution >= 0.6 is 0 Å². The Balaban J connectivity index is 2.20. The minimum absolute atomic E-state index is 0.640. The van der Waals surface area contributed by atoms with Crippen molar-refractivity contribution in [1.29, 1.82) is 0 Å². The molecule has 0 saturated heterocycles. The van der Waals surface area contributed by atoms with Gasteiger partial charge in [-0.1, -0.05) is 56.4 Å². The first kappa shape index (κ1) is 13.5. The molecule has 0 amide bonds. The van der Waals surface area contributed by atoms with Gasteiger partial charge < -0.3 is 0 Å². The van der Waals surface area contributed by atoms with Crippen LogP contribution in [0, 0.1) is 11.8 Å². The highest BCUT2D eigenvalue weighted by atomic mass is 14.2. The van der Waals surface area contributed by atoms with E-state index in [9.17, 15) is 0 Å². The largest absolute Gasteiger partial charge is 0.0999 e. The molecule has 16 heavy (non-hydrogen) atoms. The fraction of sp³-hybridized carbons (Fsp3) is 0.750. The van der Waals surface area contributed by atoms with Crippen molar-refractivity contribution < 1.29 is 0 Å². The molecule has 0 bridgehead atoms. The van der Waals surface area contributed by atoms with E-state index in [0.29, 0.717) is 5.92 Å². The monoisotopic (exact) mass is 220 g/mol. The Bertz CT molecular complexity index is 241. The number of allylic oxidation sites excluding steroid dienone is 3. The summed E-state index contributed by atoms with van der Waals surface area (Å²) in [5.41, 5.74) is 2.89. The van der Waals surface area contributed by atoms with Crippen LogP contribution in [0.3, 0.4) is 0 Å². The van der Waals surface area contributed by atoms with E-state index >= 15 is 0 Å². The van der Waals surface area contributed by atoms with E-state index in [1.807, 2.05) is 0 Å². The van der Waals surface area contributed by atoms with Gasteiger partial charge in [-0.3, -0.25) is 0 Å². The van der Waals surface area contributed by atoms with Crippen LogP contribution in [0.4, 0.5) is 0 Å². The Morgan fingerprint density at radius 3 is 2.50 bits per heavy atom. The van der Waals surface area contributed by atoms with Crippen molar-refractivity contribution in [2.45, 2.75) is 65.7 Å². The fourth-order valence-electron chi connectivity index (χ4n) is 2.41. The normalized spacial score (nSPS) is 20.1. The Labute approximate surface area is 102 Å². The van der Waals surface area contributed by atoms with Gasteiger partial charge in [-0.05, 0) is 44.9 Å². The quantitative estimate of drug-likeness (QED) is 0.518. The summed E-state index contributed by atoms with van der Waals surface area (Å²) in [6.07, 6.45) is 12.2. The second-order valence-corrected chi connectivity index (χ2v) is 5.72. The summed E-state index contributed by atoms with van der Waals surface area (Å²) in [7, 11) is 0. The standard InChI is InChI=1S/C16H28/c1-13(2)15(4)11-9-14(3)10-12-16-7-5-6-8-16/h9,15-16H,1,5-8,10-12H2,2-4H3/b14-9+. The van der Waals surface area contributed by atoms with Gasteiger partial charge >= 0.3 is 0 Å². The van der Waals surface area contributed by atoms with Crippen LogP contribution < -0.4 is 0 Å². The van der Waals surface area contributed by atoms with Gasteiger partial charge in [-0.15, -0.1) is 0 Å². The lowest BCUT2D eigenvalue weighted by Gasteiger charge is -2.11. The summed E-state index contributed by atoms with van der Waals surface area (Å²) < 4.78 is 0. The zero-order valence-electron chi connectivity index (χ0n) is 11.4. The van der Waals surface area contributed by atoms with E-state index in [1.54, 1.807) is 5.57 Å². The molecule has 0 aromatic carbocycles. The smallest absolute Gasteiger partial charge is 0.0202 e. The highest BCUT2D eigenvalue weighted by Crippen LogP contribution is 2.29. The van der Waals surface area contributed by atoms with Crippen LogP contribution in [0.5, 0.6) is 0 Å². The summed E-state index contributed by atoms with van der Waals surface area (Å²) in [5, 5.41) is 0. The molecule has 1 unspecified atom stereocenters. The summed E-state index contributed by atoms with van der Waals surface area (Å²) in [4.78, 5) is 0. The molecule has 0 heterocycles. The van der Waals surface area contributed by atoms with Crippen molar-refractivity contribution in [3.8, 4) is 0 Å². The predicted molar refractivity (Wildman–Crippen MR) is 73.5 cm³/mol. The van der Waals surface area contributed by atoms with E-state index in [0.717, 1.165) is 5.92 Å². The van der Waals surface area contributed by atoms with E-state index in [1.165, 1.54) is 50.5 Å². The molecule has 0 aliphatic heterocycles. The first-order chi connectivity index (χ1) is 7.59. The van der Waals surface area contributed by atoms with Crippen LogP contribution in [0.2, 0.25) is 0 Å². The molecule has 1 aliphatic rings. The van der Waals surface area contributed by atoms with Gasteiger partial charge in [0.2, 0.25) is 0 Å². The van der Waals surface area contributed by atoms with Gasteiger partial charge in [0.25, 0.3) is 0 Å². The van der Waals surface area contributed by atoms with Crippen LogP contribution in [-0.2, 0) is 0 Å². The molecule has 0 spiro atoms. The molecule has 92 valence electrons. The molecule has 1 atom stereocenters. The average molecular weight is 220 g/mol. The Morgan fingerprint density at radius 1 is 1.31 bits per heavy atom. The maximum Gasteiger partial charge on any atom is -0.0202 e. The molecule has 1 saturated carbocycles. The molecule has 0 N–H and O–H groups in total. The lowest BCUT2D eigenvalue weighted by atomic mass is 9.95. The Kier molecular flexibility index (Phi) is 5.87. The third-order valence-electron chi connectivity index (χ3n) is 4.08. The predicted octanol–water partition coefficient (Wildman–Crippen LogP) is 5.51. The molecule has 1 aliphatic carbocycles. The lowest BCUT2D eigenvalue weighted by molar-refractivity contribution is 0.502. The van der Waals surface area contributed by atoms with E-state index < -0.39 is 0 Å². The van der Waals surface area contributed by atoms with Crippen molar-refractivity contribution in [3.63, 3.8) is 0 Å². The lowest BCUT2D eigenvalue weighted by Crippen LogP contribution is -1.95. The highest BCUT2D eigenvalue weighted by molar-refractivity contribution is 5.03. The Morgan fingerprint density at radius 2 is 1.94 bits per heavy atom. The van der Waals surface area contributed by atoms with E-state index in [4.69, 9.17) is 0 Å². The van der Waals surface area contributed by atoms with E-state index in [-0.39, 0.29) is 0 Å². The molecular formula is C16H28. The second kappa shape index (κ2) is 6.93. The molecule has 0 aromatic rings. The molecule has 0 heteroatoms. The number of rotatable bonds is 6. The average Bonchev–Trinajstić information content (AvgIpc) is 2.75. The van der Waals surface area contributed by atoms with Gasteiger partial charge in [0, 0.05) is 0 Å². The van der Waals surface area contributed by atoms with Crippen LogP contribution in [0.15, 0.2) is 23.8 Å². The highest BCUT2D eigenvalue weighted by Gasteiger charge is 2.14. The van der Waals surface area contributed by atoms with Gasteiger partial charge in [-0.2, -0.15) is 0 Å². The third-order valence-corrected chi connectivity index (χ3v) is 4.08. The topological polar surface area (TPSA) is 0 Å². The first-order valence-corrected chi connectivity index (χ1v) is 6.90. The van der Waals surface area contributed by atoms with Gasteiger partial charge in [0.1, 0.15) is 0 Å². The van der Waals surface area contributed by atoms with E-state index in [2.05, 4.69) is 33.4 Å². The zero-order chi connectivity index (χ0) is 12.0. The molecular weight excluding hydrogens is 192 g/mol. The maximum absolute atomic E-state index is 4.01. The van der Waals surface area contributed by atoms with Gasteiger partial charge in [0.15, 0.2) is 0 Å². The summed E-state index contributed by atoms with van der Waals surface area (Å²) in [6, 6.07) is 0. The molecule has 0 nitrogen and oxygen atoms in total.